The molecular formula is C22H29N3O3S. The minimum absolute atomic E-state index is 0.0517. The van der Waals surface area contributed by atoms with E-state index >= 15 is 0 Å². The summed E-state index contributed by atoms with van der Waals surface area (Å²) in [6, 6.07) is 8.09. The van der Waals surface area contributed by atoms with Crippen molar-refractivity contribution in [2.45, 2.75) is 51.6 Å². The summed E-state index contributed by atoms with van der Waals surface area (Å²) in [7, 11) is 0. The van der Waals surface area contributed by atoms with Crippen LogP contribution in [0.4, 0.5) is 4.79 Å². The fraction of sp³-hybridized carbons (Fsp3) is 0.500. The first-order valence-electron chi connectivity index (χ1n) is 10.1. The number of alkyl carbamates (subject to hydrolysis) is 1. The molecule has 0 radical (unpaired) electrons. The maximum absolute atomic E-state index is 12.8. The zero-order valence-corrected chi connectivity index (χ0v) is 18.1. The summed E-state index contributed by atoms with van der Waals surface area (Å²) < 4.78 is 6.35. The van der Waals surface area contributed by atoms with Crippen LogP contribution in [0.3, 0.4) is 0 Å². The molecule has 156 valence electrons. The summed E-state index contributed by atoms with van der Waals surface area (Å²) >= 11 is 1.68. The molecule has 0 fully saturated rings. The van der Waals surface area contributed by atoms with E-state index in [0.717, 1.165) is 28.1 Å². The van der Waals surface area contributed by atoms with Crippen molar-refractivity contribution in [1.82, 2.24) is 15.6 Å². The summed E-state index contributed by atoms with van der Waals surface area (Å²) in [6.07, 6.45) is 6.00. The number of carbonyl (C=O) groups is 2. The van der Waals surface area contributed by atoms with Crippen LogP contribution in [-0.2, 0) is 9.53 Å². The largest absolute Gasteiger partial charge is 0.444 e. The highest BCUT2D eigenvalue weighted by molar-refractivity contribution is 7.18. The second-order valence-corrected chi connectivity index (χ2v) is 9.31. The van der Waals surface area contributed by atoms with E-state index in [-0.39, 0.29) is 17.7 Å². The number of nitrogens with zero attached hydrogens (tertiary/aromatic N) is 1. The standard InChI is InChI=1S/C22H29N3O3S/c1-22(2,3)28-21(27)24-14-8-13-23-19(26)15-9-4-5-10-16(15)20-25-17-11-6-7-12-18(17)29-20/h4-7,11-12,15-16H,8-10,13-14H2,1-3H3,(H,23,26)(H,24,27). The number of allylic oxidation sites excluding steroid dienone is 2. The van der Waals surface area contributed by atoms with Gasteiger partial charge in [-0.25, -0.2) is 9.78 Å². The Labute approximate surface area is 175 Å². The van der Waals surface area contributed by atoms with E-state index in [2.05, 4.69) is 28.9 Å². The second kappa shape index (κ2) is 9.39. The quantitative estimate of drug-likeness (QED) is 0.542. The molecule has 2 amide bonds. The zero-order valence-electron chi connectivity index (χ0n) is 17.2. The number of ether oxygens (including phenoxy) is 1. The highest BCUT2D eigenvalue weighted by Gasteiger charge is 2.32. The summed E-state index contributed by atoms with van der Waals surface area (Å²) in [6.45, 7) is 6.45. The van der Waals surface area contributed by atoms with Crippen molar-refractivity contribution in [3.05, 3.63) is 41.4 Å². The van der Waals surface area contributed by atoms with Gasteiger partial charge in [0.15, 0.2) is 0 Å². The number of hydrogen-bond acceptors (Lipinski definition) is 5. The number of nitrogens with one attached hydrogen (secondary N) is 2. The SMILES string of the molecule is CC(C)(C)OC(=O)NCCCNC(=O)C1CC=CCC1c1nc2ccccc2s1. The van der Waals surface area contributed by atoms with Crippen LogP contribution >= 0.6 is 11.3 Å². The van der Waals surface area contributed by atoms with Crippen molar-refractivity contribution in [2.75, 3.05) is 13.1 Å². The van der Waals surface area contributed by atoms with Crippen molar-refractivity contribution in [1.29, 1.82) is 0 Å². The summed E-state index contributed by atoms with van der Waals surface area (Å²) in [5.41, 5.74) is 0.483. The molecule has 0 spiro atoms. The summed E-state index contributed by atoms with van der Waals surface area (Å²) in [5.74, 6) is 0.0486. The molecule has 0 aliphatic heterocycles. The third-order valence-corrected chi connectivity index (χ3v) is 5.89. The molecule has 1 aliphatic rings. The Balaban J connectivity index is 1.50. The number of amides is 2. The lowest BCUT2D eigenvalue weighted by Crippen LogP contribution is -2.37. The molecule has 1 aromatic heterocycles. The Morgan fingerprint density at radius 3 is 2.62 bits per heavy atom. The van der Waals surface area contributed by atoms with Gasteiger partial charge in [-0.1, -0.05) is 24.3 Å². The monoisotopic (exact) mass is 415 g/mol. The first-order chi connectivity index (χ1) is 13.8. The molecule has 3 rings (SSSR count). The van der Waals surface area contributed by atoms with Gasteiger partial charge in [-0.05, 0) is 52.2 Å². The molecule has 2 unspecified atom stereocenters. The average molecular weight is 416 g/mol. The van der Waals surface area contributed by atoms with Gasteiger partial charge in [0.25, 0.3) is 0 Å². The van der Waals surface area contributed by atoms with Crippen LogP contribution in [0.25, 0.3) is 10.2 Å². The van der Waals surface area contributed by atoms with Crippen LogP contribution in [0.1, 0.15) is 51.0 Å². The van der Waals surface area contributed by atoms with Crippen LogP contribution in [0.15, 0.2) is 36.4 Å². The van der Waals surface area contributed by atoms with Gasteiger partial charge in [0, 0.05) is 19.0 Å². The van der Waals surface area contributed by atoms with E-state index in [1.54, 1.807) is 11.3 Å². The summed E-state index contributed by atoms with van der Waals surface area (Å²) in [5, 5.41) is 6.76. The molecule has 0 saturated carbocycles. The molecule has 1 heterocycles. The molecule has 2 atom stereocenters. The van der Waals surface area contributed by atoms with Crippen molar-refractivity contribution >= 4 is 33.6 Å². The van der Waals surface area contributed by atoms with Gasteiger partial charge >= 0.3 is 6.09 Å². The van der Waals surface area contributed by atoms with E-state index in [1.165, 1.54) is 0 Å². The van der Waals surface area contributed by atoms with Crippen LogP contribution < -0.4 is 10.6 Å². The Kier molecular flexibility index (Phi) is 6.90. The third-order valence-electron chi connectivity index (χ3n) is 4.72. The highest BCUT2D eigenvalue weighted by Crippen LogP contribution is 2.38. The lowest BCUT2D eigenvalue weighted by atomic mass is 9.82. The molecule has 2 aromatic rings. The number of hydrogen-bond donors (Lipinski definition) is 2. The first-order valence-corrected chi connectivity index (χ1v) is 10.9. The first kappa shape index (κ1) is 21.3. The third kappa shape index (κ3) is 6.03. The fourth-order valence-corrected chi connectivity index (χ4v) is 4.51. The maximum Gasteiger partial charge on any atom is 0.407 e. The number of rotatable bonds is 6. The molecule has 0 bridgehead atoms. The molecule has 6 nitrogen and oxygen atoms in total. The average Bonchev–Trinajstić information content (AvgIpc) is 3.10. The molecule has 1 aliphatic carbocycles. The zero-order chi connectivity index (χ0) is 20.9. The predicted octanol–water partition coefficient (Wildman–Crippen LogP) is 4.38. The molecule has 2 N–H and O–H groups in total. The van der Waals surface area contributed by atoms with Crippen molar-refractivity contribution in [3.63, 3.8) is 0 Å². The Hall–Kier alpha value is -2.41. The number of para-hydroxylation sites is 1. The predicted molar refractivity (Wildman–Crippen MR) is 116 cm³/mol. The van der Waals surface area contributed by atoms with E-state index in [1.807, 2.05) is 39.0 Å². The fourth-order valence-electron chi connectivity index (χ4n) is 3.36. The number of aromatic nitrogens is 1. The number of benzene rings is 1. The number of carbonyl (C=O) groups excluding carboxylic acids is 2. The maximum atomic E-state index is 12.8. The van der Waals surface area contributed by atoms with Gasteiger partial charge in [-0.15, -0.1) is 11.3 Å². The summed E-state index contributed by atoms with van der Waals surface area (Å²) in [4.78, 5) is 29.2. The van der Waals surface area contributed by atoms with Crippen LogP contribution in [-0.4, -0.2) is 35.7 Å². The van der Waals surface area contributed by atoms with E-state index in [0.29, 0.717) is 19.5 Å². The molecular weight excluding hydrogens is 386 g/mol. The smallest absolute Gasteiger partial charge is 0.407 e. The molecule has 7 heteroatoms. The highest BCUT2D eigenvalue weighted by atomic mass is 32.1. The van der Waals surface area contributed by atoms with Gasteiger partial charge in [-0.3, -0.25) is 4.79 Å². The van der Waals surface area contributed by atoms with Gasteiger partial charge in [0.05, 0.1) is 21.1 Å². The molecule has 29 heavy (non-hydrogen) atoms. The topological polar surface area (TPSA) is 80.3 Å². The van der Waals surface area contributed by atoms with Crippen LogP contribution in [0, 0.1) is 5.92 Å². The van der Waals surface area contributed by atoms with Crippen molar-refractivity contribution in [3.8, 4) is 0 Å². The van der Waals surface area contributed by atoms with Gasteiger partial charge in [0.1, 0.15) is 5.60 Å². The minimum atomic E-state index is -0.511. The molecule has 0 saturated heterocycles. The number of fused-ring (bicyclic) bond motifs is 1. The lowest BCUT2D eigenvalue weighted by molar-refractivity contribution is -0.125. The van der Waals surface area contributed by atoms with Gasteiger partial charge < -0.3 is 15.4 Å². The Morgan fingerprint density at radius 1 is 1.14 bits per heavy atom. The Morgan fingerprint density at radius 2 is 1.86 bits per heavy atom. The van der Waals surface area contributed by atoms with E-state index < -0.39 is 11.7 Å². The van der Waals surface area contributed by atoms with Gasteiger partial charge in [-0.2, -0.15) is 0 Å². The van der Waals surface area contributed by atoms with Gasteiger partial charge in [0.2, 0.25) is 5.91 Å². The molecule has 1 aromatic carbocycles. The second-order valence-electron chi connectivity index (χ2n) is 8.25. The van der Waals surface area contributed by atoms with Crippen LogP contribution in [0.2, 0.25) is 0 Å². The Bertz CT molecular complexity index is 852. The minimum Gasteiger partial charge on any atom is -0.444 e. The van der Waals surface area contributed by atoms with Crippen molar-refractivity contribution in [2.24, 2.45) is 5.92 Å². The van der Waals surface area contributed by atoms with Crippen LogP contribution in [0.5, 0.6) is 0 Å². The van der Waals surface area contributed by atoms with Crippen molar-refractivity contribution < 1.29 is 14.3 Å². The number of thiazole rings is 1. The van der Waals surface area contributed by atoms with E-state index in [4.69, 9.17) is 9.72 Å². The lowest BCUT2D eigenvalue weighted by Gasteiger charge is -2.26. The van der Waals surface area contributed by atoms with E-state index in [9.17, 15) is 9.59 Å². The normalized spacial score (nSPS) is 19.1.